The van der Waals surface area contributed by atoms with E-state index in [0.717, 1.165) is 0 Å². The molecule has 4 heteroatoms. The topological polar surface area (TPSA) is 62.1 Å². The second kappa shape index (κ2) is 6.77. The van der Waals surface area contributed by atoms with E-state index in [1.165, 1.54) is 0 Å². The van der Waals surface area contributed by atoms with Gasteiger partial charge in [-0.2, -0.15) is 5.26 Å². The second-order valence-electron chi connectivity index (χ2n) is 4.55. The summed E-state index contributed by atoms with van der Waals surface area (Å²) >= 11 is 0. The third-order valence-corrected chi connectivity index (χ3v) is 2.33. The standard InChI is InChI=1S/C14H18N2O2/c1-10(2)9-18-11(3)14(17)16-13-6-4-12(8-15)5-7-13/h4-7,10-11H,9H2,1-3H3,(H,16,17). The Morgan fingerprint density at radius 2 is 1.94 bits per heavy atom. The van der Waals surface area contributed by atoms with Gasteiger partial charge >= 0.3 is 0 Å². The molecule has 0 bridgehead atoms. The fourth-order valence-electron chi connectivity index (χ4n) is 1.28. The van der Waals surface area contributed by atoms with Crippen LogP contribution in [0.5, 0.6) is 0 Å². The van der Waals surface area contributed by atoms with Gasteiger partial charge in [0.1, 0.15) is 6.10 Å². The van der Waals surface area contributed by atoms with Crippen LogP contribution in [0.1, 0.15) is 26.3 Å². The number of hydrogen-bond acceptors (Lipinski definition) is 3. The van der Waals surface area contributed by atoms with Crippen molar-refractivity contribution >= 4 is 11.6 Å². The monoisotopic (exact) mass is 246 g/mol. The number of amides is 1. The van der Waals surface area contributed by atoms with Crippen molar-refractivity contribution in [2.45, 2.75) is 26.9 Å². The van der Waals surface area contributed by atoms with E-state index in [1.807, 2.05) is 19.9 Å². The minimum atomic E-state index is -0.483. The molecule has 1 rings (SSSR count). The molecule has 1 aromatic carbocycles. The largest absolute Gasteiger partial charge is 0.368 e. The summed E-state index contributed by atoms with van der Waals surface area (Å²) in [6.07, 6.45) is -0.483. The van der Waals surface area contributed by atoms with E-state index in [9.17, 15) is 4.79 Å². The predicted octanol–water partition coefficient (Wildman–Crippen LogP) is 2.56. The molecule has 1 atom stereocenters. The first kappa shape index (κ1) is 14.2. The van der Waals surface area contributed by atoms with Crippen molar-refractivity contribution in [3.63, 3.8) is 0 Å². The lowest BCUT2D eigenvalue weighted by molar-refractivity contribution is -0.126. The number of rotatable bonds is 5. The lowest BCUT2D eigenvalue weighted by Crippen LogP contribution is -2.28. The highest BCUT2D eigenvalue weighted by molar-refractivity contribution is 5.93. The summed E-state index contributed by atoms with van der Waals surface area (Å²) in [5.41, 5.74) is 1.23. The van der Waals surface area contributed by atoms with E-state index >= 15 is 0 Å². The van der Waals surface area contributed by atoms with Gasteiger partial charge in [-0.3, -0.25) is 4.79 Å². The Morgan fingerprint density at radius 3 is 2.44 bits per heavy atom. The summed E-state index contributed by atoms with van der Waals surface area (Å²) in [6.45, 7) is 6.35. The van der Waals surface area contributed by atoms with E-state index in [-0.39, 0.29) is 5.91 Å². The van der Waals surface area contributed by atoms with Crippen molar-refractivity contribution in [2.75, 3.05) is 11.9 Å². The zero-order valence-corrected chi connectivity index (χ0v) is 10.9. The van der Waals surface area contributed by atoms with E-state index in [1.54, 1.807) is 31.2 Å². The van der Waals surface area contributed by atoms with Crippen molar-refractivity contribution in [1.82, 2.24) is 0 Å². The third-order valence-electron chi connectivity index (χ3n) is 2.33. The van der Waals surface area contributed by atoms with Crippen molar-refractivity contribution < 1.29 is 9.53 Å². The van der Waals surface area contributed by atoms with Crippen LogP contribution in [0.2, 0.25) is 0 Å². The third kappa shape index (κ3) is 4.56. The molecule has 1 aromatic rings. The number of nitrogens with zero attached hydrogens (tertiary/aromatic N) is 1. The average molecular weight is 246 g/mol. The highest BCUT2D eigenvalue weighted by Crippen LogP contribution is 2.10. The molecule has 0 aliphatic carbocycles. The van der Waals surface area contributed by atoms with Crippen LogP contribution >= 0.6 is 0 Å². The van der Waals surface area contributed by atoms with Crippen LogP contribution in [0.4, 0.5) is 5.69 Å². The zero-order valence-electron chi connectivity index (χ0n) is 10.9. The first-order valence-electron chi connectivity index (χ1n) is 5.95. The normalized spacial score (nSPS) is 11.9. The predicted molar refractivity (Wildman–Crippen MR) is 70.0 cm³/mol. The minimum Gasteiger partial charge on any atom is -0.368 e. The molecule has 0 aliphatic heterocycles. The Labute approximate surface area is 108 Å². The van der Waals surface area contributed by atoms with Crippen LogP contribution in [-0.2, 0) is 9.53 Å². The lowest BCUT2D eigenvalue weighted by atomic mass is 10.2. The number of nitrogens with one attached hydrogen (secondary N) is 1. The molecule has 0 saturated carbocycles. The Hall–Kier alpha value is -1.86. The molecular weight excluding hydrogens is 228 g/mol. The lowest BCUT2D eigenvalue weighted by Gasteiger charge is -2.14. The van der Waals surface area contributed by atoms with Crippen molar-refractivity contribution in [3.8, 4) is 6.07 Å². The van der Waals surface area contributed by atoms with Crippen molar-refractivity contribution in [2.24, 2.45) is 5.92 Å². The molecule has 4 nitrogen and oxygen atoms in total. The summed E-state index contributed by atoms with van der Waals surface area (Å²) in [7, 11) is 0. The number of anilines is 1. The van der Waals surface area contributed by atoms with Gasteiger partial charge in [-0.15, -0.1) is 0 Å². The Bertz CT molecular complexity index is 432. The van der Waals surface area contributed by atoms with Crippen LogP contribution in [0.3, 0.4) is 0 Å². The Balaban J connectivity index is 2.50. The van der Waals surface area contributed by atoms with E-state index in [4.69, 9.17) is 10.00 Å². The van der Waals surface area contributed by atoms with Gasteiger partial charge in [0.05, 0.1) is 11.6 Å². The highest BCUT2D eigenvalue weighted by atomic mass is 16.5. The van der Waals surface area contributed by atoms with Gasteiger partial charge in [-0.1, -0.05) is 13.8 Å². The fourth-order valence-corrected chi connectivity index (χ4v) is 1.28. The van der Waals surface area contributed by atoms with Crippen LogP contribution in [0.25, 0.3) is 0 Å². The Kier molecular flexibility index (Phi) is 5.34. The summed E-state index contributed by atoms with van der Waals surface area (Å²) in [5, 5.41) is 11.4. The molecule has 0 fully saturated rings. The molecule has 0 saturated heterocycles. The van der Waals surface area contributed by atoms with Gasteiger partial charge in [0.2, 0.25) is 0 Å². The van der Waals surface area contributed by atoms with Gasteiger partial charge in [0.15, 0.2) is 0 Å². The number of benzene rings is 1. The molecule has 1 unspecified atom stereocenters. The summed E-state index contributed by atoms with van der Waals surface area (Å²) < 4.78 is 5.42. The first-order chi connectivity index (χ1) is 8.52. The van der Waals surface area contributed by atoms with Crippen LogP contribution < -0.4 is 5.32 Å². The molecule has 0 spiro atoms. The molecule has 1 N–H and O–H groups in total. The van der Waals surface area contributed by atoms with Crippen LogP contribution in [0.15, 0.2) is 24.3 Å². The molecule has 96 valence electrons. The summed E-state index contributed by atoms with van der Waals surface area (Å²) in [6, 6.07) is 8.75. The maximum atomic E-state index is 11.8. The molecule has 0 aromatic heterocycles. The van der Waals surface area contributed by atoms with Gasteiger partial charge in [0, 0.05) is 12.3 Å². The van der Waals surface area contributed by atoms with Gasteiger partial charge in [-0.05, 0) is 37.1 Å². The van der Waals surface area contributed by atoms with E-state index in [2.05, 4.69) is 5.32 Å². The smallest absolute Gasteiger partial charge is 0.253 e. The molecule has 18 heavy (non-hydrogen) atoms. The second-order valence-corrected chi connectivity index (χ2v) is 4.55. The fraction of sp³-hybridized carbons (Fsp3) is 0.429. The SMILES string of the molecule is CC(C)COC(C)C(=O)Nc1ccc(C#N)cc1. The maximum Gasteiger partial charge on any atom is 0.253 e. The first-order valence-corrected chi connectivity index (χ1v) is 5.95. The number of carbonyl (C=O) groups is 1. The summed E-state index contributed by atoms with van der Waals surface area (Å²) in [4.78, 5) is 11.8. The van der Waals surface area contributed by atoms with Crippen LogP contribution in [0, 0.1) is 17.2 Å². The maximum absolute atomic E-state index is 11.8. The summed E-state index contributed by atoms with van der Waals surface area (Å²) in [5.74, 6) is 0.218. The van der Waals surface area contributed by atoms with Gasteiger partial charge in [-0.25, -0.2) is 0 Å². The minimum absolute atomic E-state index is 0.180. The zero-order chi connectivity index (χ0) is 13.5. The number of carbonyl (C=O) groups excluding carboxylic acids is 1. The molecule has 1 amide bonds. The highest BCUT2D eigenvalue weighted by Gasteiger charge is 2.13. The number of hydrogen-bond donors (Lipinski definition) is 1. The van der Waals surface area contributed by atoms with Crippen molar-refractivity contribution in [3.05, 3.63) is 29.8 Å². The van der Waals surface area contributed by atoms with E-state index in [0.29, 0.717) is 23.8 Å². The quantitative estimate of drug-likeness (QED) is 0.868. The molecule has 0 aliphatic rings. The van der Waals surface area contributed by atoms with E-state index < -0.39 is 6.10 Å². The van der Waals surface area contributed by atoms with Crippen LogP contribution in [-0.4, -0.2) is 18.6 Å². The number of ether oxygens (including phenoxy) is 1. The van der Waals surface area contributed by atoms with Crippen molar-refractivity contribution in [1.29, 1.82) is 5.26 Å². The average Bonchev–Trinajstić information content (AvgIpc) is 2.36. The molecule has 0 radical (unpaired) electrons. The number of nitriles is 1. The van der Waals surface area contributed by atoms with Gasteiger partial charge in [0.25, 0.3) is 5.91 Å². The molecular formula is C14H18N2O2. The van der Waals surface area contributed by atoms with Gasteiger partial charge < -0.3 is 10.1 Å². The molecule has 0 heterocycles. The Morgan fingerprint density at radius 1 is 1.33 bits per heavy atom.